The maximum Gasteiger partial charge on any atom is 0.249 e. The highest BCUT2D eigenvalue weighted by atomic mass is 16.7. The van der Waals surface area contributed by atoms with Gasteiger partial charge in [-0.25, -0.2) is 5.06 Å². The standard InChI is InChI=1S/C8H13NO2/c1-9(11-2)7(10)6-5-8(6)3-4-8/h6H,3-5H2,1-2H3/t6-/m1/s1. The minimum atomic E-state index is 0.157. The molecular weight excluding hydrogens is 142 g/mol. The fourth-order valence-electron chi connectivity index (χ4n) is 1.72. The van der Waals surface area contributed by atoms with Crippen LogP contribution in [0.3, 0.4) is 0 Å². The molecule has 0 bridgehead atoms. The van der Waals surface area contributed by atoms with Crippen LogP contribution >= 0.6 is 0 Å². The highest BCUT2D eigenvalue weighted by molar-refractivity contribution is 5.82. The molecule has 0 heterocycles. The molecule has 2 fully saturated rings. The van der Waals surface area contributed by atoms with Gasteiger partial charge in [0, 0.05) is 13.0 Å². The first-order valence-corrected chi connectivity index (χ1v) is 4.01. The summed E-state index contributed by atoms with van der Waals surface area (Å²) in [5.74, 6) is 0.442. The van der Waals surface area contributed by atoms with E-state index < -0.39 is 0 Å². The Labute approximate surface area is 66.3 Å². The minimum absolute atomic E-state index is 0.157. The van der Waals surface area contributed by atoms with Crippen LogP contribution in [0.25, 0.3) is 0 Å². The molecule has 0 aliphatic heterocycles. The van der Waals surface area contributed by atoms with E-state index in [0.717, 1.165) is 6.42 Å². The van der Waals surface area contributed by atoms with Gasteiger partial charge in [0.25, 0.3) is 0 Å². The Morgan fingerprint density at radius 2 is 2.27 bits per heavy atom. The monoisotopic (exact) mass is 155 g/mol. The molecule has 0 N–H and O–H groups in total. The molecule has 0 aromatic carbocycles. The van der Waals surface area contributed by atoms with Crippen molar-refractivity contribution >= 4 is 5.91 Å². The van der Waals surface area contributed by atoms with E-state index in [1.807, 2.05) is 0 Å². The van der Waals surface area contributed by atoms with Gasteiger partial charge in [-0.15, -0.1) is 0 Å². The zero-order chi connectivity index (χ0) is 8.06. The topological polar surface area (TPSA) is 29.5 Å². The molecule has 0 radical (unpaired) electrons. The van der Waals surface area contributed by atoms with Crippen LogP contribution in [0.4, 0.5) is 0 Å². The predicted molar refractivity (Wildman–Crippen MR) is 39.6 cm³/mol. The summed E-state index contributed by atoms with van der Waals surface area (Å²) < 4.78 is 0. The third-order valence-corrected chi connectivity index (χ3v) is 2.96. The van der Waals surface area contributed by atoms with Crippen LogP contribution in [-0.2, 0) is 9.63 Å². The molecule has 1 spiro atoms. The van der Waals surface area contributed by atoms with Crippen LogP contribution in [0.1, 0.15) is 19.3 Å². The Kier molecular flexibility index (Phi) is 1.27. The van der Waals surface area contributed by atoms with E-state index in [9.17, 15) is 4.79 Å². The second kappa shape index (κ2) is 1.97. The fraction of sp³-hybridized carbons (Fsp3) is 0.875. The lowest BCUT2D eigenvalue weighted by Crippen LogP contribution is -2.27. The molecule has 1 amide bonds. The molecule has 0 unspecified atom stereocenters. The number of hydrogen-bond donors (Lipinski definition) is 0. The van der Waals surface area contributed by atoms with Crippen molar-refractivity contribution in [2.45, 2.75) is 19.3 Å². The molecule has 11 heavy (non-hydrogen) atoms. The number of hydroxylamine groups is 2. The van der Waals surface area contributed by atoms with Crippen LogP contribution in [0.2, 0.25) is 0 Å². The third-order valence-electron chi connectivity index (χ3n) is 2.96. The van der Waals surface area contributed by atoms with Gasteiger partial charge in [-0.2, -0.15) is 0 Å². The second-order valence-corrected chi connectivity index (χ2v) is 3.64. The van der Waals surface area contributed by atoms with E-state index in [1.165, 1.54) is 25.0 Å². The van der Waals surface area contributed by atoms with Crippen molar-refractivity contribution in [3.05, 3.63) is 0 Å². The molecular formula is C8H13NO2. The van der Waals surface area contributed by atoms with Gasteiger partial charge < -0.3 is 0 Å². The second-order valence-electron chi connectivity index (χ2n) is 3.64. The predicted octanol–water partition coefficient (Wildman–Crippen LogP) is 0.806. The van der Waals surface area contributed by atoms with Gasteiger partial charge >= 0.3 is 0 Å². The normalized spacial score (nSPS) is 30.2. The number of hydrogen-bond acceptors (Lipinski definition) is 2. The van der Waals surface area contributed by atoms with Crippen LogP contribution < -0.4 is 0 Å². The van der Waals surface area contributed by atoms with Gasteiger partial charge in [0.2, 0.25) is 5.91 Å². The summed E-state index contributed by atoms with van der Waals surface area (Å²) in [6, 6.07) is 0. The number of nitrogens with zero attached hydrogens (tertiary/aromatic N) is 1. The van der Waals surface area contributed by atoms with Crippen molar-refractivity contribution in [3.8, 4) is 0 Å². The summed E-state index contributed by atoms with van der Waals surface area (Å²) in [4.78, 5) is 16.2. The van der Waals surface area contributed by atoms with Crippen molar-refractivity contribution in [1.82, 2.24) is 5.06 Å². The van der Waals surface area contributed by atoms with Gasteiger partial charge in [-0.1, -0.05) is 0 Å². The van der Waals surface area contributed by atoms with Crippen molar-refractivity contribution in [3.63, 3.8) is 0 Å². The van der Waals surface area contributed by atoms with E-state index in [2.05, 4.69) is 0 Å². The lowest BCUT2D eigenvalue weighted by molar-refractivity contribution is -0.170. The van der Waals surface area contributed by atoms with Gasteiger partial charge in [0.1, 0.15) is 0 Å². The highest BCUT2D eigenvalue weighted by Crippen LogP contribution is 2.70. The molecule has 2 aliphatic rings. The average molecular weight is 155 g/mol. The maximum absolute atomic E-state index is 11.4. The largest absolute Gasteiger partial charge is 0.275 e. The van der Waals surface area contributed by atoms with Gasteiger partial charge in [-0.3, -0.25) is 9.63 Å². The number of carbonyl (C=O) groups excluding carboxylic acids is 1. The summed E-state index contributed by atoms with van der Waals surface area (Å²) in [5.41, 5.74) is 0.448. The summed E-state index contributed by atoms with van der Waals surface area (Å²) >= 11 is 0. The van der Waals surface area contributed by atoms with Crippen LogP contribution in [0, 0.1) is 11.3 Å². The van der Waals surface area contributed by atoms with E-state index in [0.29, 0.717) is 5.41 Å². The maximum atomic E-state index is 11.4. The molecule has 0 saturated heterocycles. The van der Waals surface area contributed by atoms with Crippen molar-refractivity contribution in [2.24, 2.45) is 11.3 Å². The molecule has 62 valence electrons. The van der Waals surface area contributed by atoms with E-state index in [1.54, 1.807) is 7.05 Å². The molecule has 1 atom stereocenters. The zero-order valence-corrected chi connectivity index (χ0v) is 6.96. The minimum Gasteiger partial charge on any atom is -0.275 e. The third kappa shape index (κ3) is 0.948. The van der Waals surface area contributed by atoms with Gasteiger partial charge in [0.05, 0.1) is 7.11 Å². The Balaban J connectivity index is 1.91. The van der Waals surface area contributed by atoms with Crippen molar-refractivity contribution in [2.75, 3.05) is 14.2 Å². The quantitative estimate of drug-likeness (QED) is 0.552. The first kappa shape index (κ1) is 7.10. The van der Waals surface area contributed by atoms with Crippen molar-refractivity contribution < 1.29 is 9.63 Å². The van der Waals surface area contributed by atoms with Crippen LogP contribution in [-0.4, -0.2) is 25.1 Å². The Bertz CT molecular complexity index is 198. The SMILES string of the molecule is CON(C)C(=O)[C@H]1CC12CC2. The Hall–Kier alpha value is -0.570. The molecule has 3 heteroatoms. The summed E-state index contributed by atoms with van der Waals surface area (Å²) in [6.45, 7) is 0. The van der Waals surface area contributed by atoms with Crippen LogP contribution in [0.15, 0.2) is 0 Å². The number of carbonyl (C=O) groups is 1. The molecule has 2 aliphatic carbocycles. The Morgan fingerprint density at radius 1 is 1.64 bits per heavy atom. The number of amides is 1. The smallest absolute Gasteiger partial charge is 0.249 e. The molecule has 0 aromatic rings. The Morgan fingerprint density at radius 3 is 2.64 bits per heavy atom. The van der Waals surface area contributed by atoms with Crippen molar-refractivity contribution in [1.29, 1.82) is 0 Å². The van der Waals surface area contributed by atoms with Gasteiger partial charge in [-0.05, 0) is 24.7 Å². The first-order chi connectivity index (χ1) is 5.19. The molecule has 0 aromatic heterocycles. The zero-order valence-electron chi connectivity index (χ0n) is 6.96. The summed E-state index contributed by atoms with van der Waals surface area (Å²) in [7, 11) is 3.20. The van der Waals surface area contributed by atoms with E-state index >= 15 is 0 Å². The first-order valence-electron chi connectivity index (χ1n) is 4.01. The fourth-order valence-corrected chi connectivity index (χ4v) is 1.72. The summed E-state index contributed by atoms with van der Waals surface area (Å²) in [6.07, 6.45) is 3.60. The lowest BCUT2D eigenvalue weighted by atomic mass is 10.3. The molecule has 2 saturated carbocycles. The molecule has 3 nitrogen and oxygen atoms in total. The van der Waals surface area contributed by atoms with E-state index in [4.69, 9.17) is 4.84 Å². The van der Waals surface area contributed by atoms with Crippen LogP contribution in [0.5, 0.6) is 0 Å². The lowest BCUT2D eigenvalue weighted by Gasteiger charge is -2.12. The summed E-state index contributed by atoms with van der Waals surface area (Å²) in [5, 5.41) is 1.34. The van der Waals surface area contributed by atoms with Gasteiger partial charge in [0.15, 0.2) is 0 Å². The highest BCUT2D eigenvalue weighted by Gasteiger charge is 2.66. The van der Waals surface area contributed by atoms with E-state index in [-0.39, 0.29) is 11.8 Å². The average Bonchev–Trinajstić information content (AvgIpc) is 2.91. The molecule has 2 rings (SSSR count). The number of rotatable bonds is 2.